The summed E-state index contributed by atoms with van der Waals surface area (Å²) in [5.41, 5.74) is 0. The van der Waals surface area contributed by atoms with Crippen molar-refractivity contribution in [3.05, 3.63) is 0 Å². The van der Waals surface area contributed by atoms with E-state index >= 15 is 0 Å². The number of hydrogen-bond acceptors (Lipinski definition) is 5. The number of carbonyl (C=O) groups excluding carboxylic acids is 2. The SMILES string of the molecule is O=C(CBr)Nc1nonc1NC(=O)CBr. The maximum atomic E-state index is 11.0. The first-order valence-electron chi connectivity index (χ1n) is 3.71. The van der Waals surface area contributed by atoms with Crippen molar-refractivity contribution >= 4 is 55.3 Å². The minimum Gasteiger partial charge on any atom is -0.304 e. The Kier molecular flexibility index (Phi) is 4.69. The Balaban J connectivity index is 2.69. The molecule has 15 heavy (non-hydrogen) atoms. The molecule has 0 aliphatic rings. The van der Waals surface area contributed by atoms with Crippen molar-refractivity contribution in [2.75, 3.05) is 21.3 Å². The van der Waals surface area contributed by atoms with Gasteiger partial charge in [0.25, 0.3) is 0 Å². The average Bonchev–Trinajstić information content (AvgIpc) is 2.65. The van der Waals surface area contributed by atoms with Crippen LogP contribution < -0.4 is 10.6 Å². The molecule has 1 aromatic rings. The molecule has 0 aromatic carbocycles. The number of halogens is 2. The maximum Gasteiger partial charge on any atom is 0.236 e. The van der Waals surface area contributed by atoms with Crippen LogP contribution >= 0.6 is 31.9 Å². The molecule has 2 N–H and O–H groups in total. The molecule has 2 amide bonds. The van der Waals surface area contributed by atoms with Gasteiger partial charge in [-0.05, 0) is 10.3 Å². The summed E-state index contributed by atoms with van der Waals surface area (Å²) in [4.78, 5) is 22.0. The van der Waals surface area contributed by atoms with E-state index in [0.29, 0.717) is 0 Å². The molecule has 0 bridgehead atoms. The third kappa shape index (κ3) is 3.59. The molecule has 0 radical (unpaired) electrons. The lowest BCUT2D eigenvalue weighted by Crippen LogP contribution is -2.17. The molecule has 0 fully saturated rings. The lowest BCUT2D eigenvalue weighted by Gasteiger charge is -2.00. The van der Waals surface area contributed by atoms with Crippen LogP contribution in [0, 0.1) is 0 Å². The Morgan fingerprint density at radius 2 is 1.47 bits per heavy atom. The monoisotopic (exact) mass is 340 g/mol. The quantitative estimate of drug-likeness (QED) is 0.787. The number of amides is 2. The maximum absolute atomic E-state index is 11.0. The molecule has 0 unspecified atom stereocenters. The molecule has 1 aromatic heterocycles. The summed E-state index contributed by atoms with van der Waals surface area (Å²) >= 11 is 5.93. The Hall–Kier alpha value is -0.960. The first-order valence-corrected chi connectivity index (χ1v) is 5.96. The number of nitrogens with zero attached hydrogens (tertiary/aromatic N) is 2. The fraction of sp³-hybridized carbons (Fsp3) is 0.333. The standard InChI is InChI=1S/C6H6Br2N4O3/c7-1-3(13)9-5-6(12-15-11-5)10-4(14)2-8/h1-2H2,(H,9,11,13)(H,10,12,14). The topological polar surface area (TPSA) is 97.1 Å². The lowest BCUT2D eigenvalue weighted by molar-refractivity contribution is -0.114. The second-order valence-electron chi connectivity index (χ2n) is 2.33. The fourth-order valence-electron chi connectivity index (χ4n) is 0.684. The zero-order valence-electron chi connectivity index (χ0n) is 7.29. The van der Waals surface area contributed by atoms with Crippen LogP contribution in [-0.2, 0) is 9.59 Å². The minimum atomic E-state index is -0.319. The molecule has 7 nitrogen and oxygen atoms in total. The van der Waals surface area contributed by atoms with Gasteiger partial charge in [0.1, 0.15) is 0 Å². The minimum absolute atomic E-state index is 0.0775. The second-order valence-corrected chi connectivity index (χ2v) is 3.45. The highest BCUT2D eigenvalue weighted by molar-refractivity contribution is 9.09. The Labute approximate surface area is 101 Å². The van der Waals surface area contributed by atoms with Crippen LogP contribution in [0.2, 0.25) is 0 Å². The number of rotatable bonds is 4. The molecular formula is C6H6Br2N4O3. The zero-order chi connectivity index (χ0) is 11.3. The average molecular weight is 342 g/mol. The van der Waals surface area contributed by atoms with Crippen LogP contribution in [0.1, 0.15) is 0 Å². The van der Waals surface area contributed by atoms with E-state index in [2.05, 4.69) is 57.4 Å². The van der Waals surface area contributed by atoms with Crippen molar-refractivity contribution in [2.24, 2.45) is 0 Å². The number of carbonyl (C=O) groups is 2. The highest BCUT2D eigenvalue weighted by Crippen LogP contribution is 2.15. The molecule has 82 valence electrons. The van der Waals surface area contributed by atoms with Gasteiger partial charge in [-0.25, -0.2) is 4.63 Å². The van der Waals surface area contributed by atoms with Gasteiger partial charge in [-0.2, -0.15) is 0 Å². The molecule has 9 heteroatoms. The smallest absolute Gasteiger partial charge is 0.236 e. The summed E-state index contributed by atoms with van der Waals surface area (Å²) < 4.78 is 4.38. The van der Waals surface area contributed by atoms with Crippen molar-refractivity contribution in [2.45, 2.75) is 0 Å². The molecule has 0 spiro atoms. The van der Waals surface area contributed by atoms with E-state index in [1.807, 2.05) is 0 Å². The van der Waals surface area contributed by atoms with E-state index in [4.69, 9.17) is 0 Å². The first-order chi connectivity index (χ1) is 7.17. The molecular weight excluding hydrogens is 336 g/mol. The summed E-state index contributed by atoms with van der Waals surface area (Å²) in [5.74, 6) is -0.484. The Morgan fingerprint density at radius 1 is 1.07 bits per heavy atom. The normalized spacial score (nSPS) is 9.73. The Bertz CT molecular complexity index is 335. The van der Waals surface area contributed by atoms with Gasteiger partial charge in [0, 0.05) is 0 Å². The second kappa shape index (κ2) is 5.81. The summed E-state index contributed by atoms with van der Waals surface area (Å²) in [5, 5.41) is 11.9. The number of alkyl halides is 2. The van der Waals surface area contributed by atoms with E-state index in [-0.39, 0.29) is 34.1 Å². The van der Waals surface area contributed by atoms with Crippen molar-refractivity contribution in [1.82, 2.24) is 10.3 Å². The third-order valence-corrected chi connectivity index (χ3v) is 2.27. The van der Waals surface area contributed by atoms with E-state index < -0.39 is 0 Å². The van der Waals surface area contributed by atoms with Gasteiger partial charge in [0.2, 0.25) is 23.5 Å². The van der Waals surface area contributed by atoms with Gasteiger partial charge in [-0.1, -0.05) is 31.9 Å². The number of anilines is 2. The highest BCUT2D eigenvalue weighted by Gasteiger charge is 2.14. The van der Waals surface area contributed by atoms with Crippen molar-refractivity contribution in [3.8, 4) is 0 Å². The molecule has 0 saturated carbocycles. The molecule has 0 aliphatic carbocycles. The van der Waals surface area contributed by atoms with Crippen molar-refractivity contribution < 1.29 is 14.2 Å². The van der Waals surface area contributed by atoms with Gasteiger partial charge in [0.15, 0.2) is 0 Å². The summed E-state index contributed by atoms with van der Waals surface area (Å²) in [6.07, 6.45) is 0. The largest absolute Gasteiger partial charge is 0.304 e. The summed E-state index contributed by atoms with van der Waals surface area (Å²) in [6, 6.07) is 0. The van der Waals surface area contributed by atoms with Crippen LogP contribution in [-0.4, -0.2) is 32.8 Å². The van der Waals surface area contributed by atoms with Gasteiger partial charge in [0.05, 0.1) is 10.7 Å². The van der Waals surface area contributed by atoms with E-state index in [0.717, 1.165) is 0 Å². The van der Waals surface area contributed by atoms with E-state index in [1.54, 1.807) is 0 Å². The van der Waals surface area contributed by atoms with Gasteiger partial charge >= 0.3 is 0 Å². The predicted octanol–water partition coefficient (Wildman–Crippen LogP) is 0.736. The predicted molar refractivity (Wildman–Crippen MR) is 59.1 cm³/mol. The van der Waals surface area contributed by atoms with Crippen LogP contribution in [0.5, 0.6) is 0 Å². The zero-order valence-corrected chi connectivity index (χ0v) is 10.5. The fourth-order valence-corrected chi connectivity index (χ4v) is 0.964. The van der Waals surface area contributed by atoms with Crippen molar-refractivity contribution in [1.29, 1.82) is 0 Å². The van der Waals surface area contributed by atoms with Crippen LogP contribution in [0.15, 0.2) is 4.63 Å². The molecule has 1 heterocycles. The molecule has 0 saturated heterocycles. The Morgan fingerprint density at radius 3 is 1.80 bits per heavy atom. The van der Waals surface area contributed by atoms with Crippen LogP contribution in [0.4, 0.5) is 11.6 Å². The van der Waals surface area contributed by atoms with Gasteiger partial charge in [-0.3, -0.25) is 9.59 Å². The summed E-state index contributed by atoms with van der Waals surface area (Å²) in [7, 11) is 0. The van der Waals surface area contributed by atoms with E-state index in [9.17, 15) is 9.59 Å². The van der Waals surface area contributed by atoms with Gasteiger partial charge < -0.3 is 10.6 Å². The van der Waals surface area contributed by atoms with E-state index in [1.165, 1.54) is 0 Å². The number of nitrogens with one attached hydrogen (secondary N) is 2. The molecule has 0 atom stereocenters. The summed E-state index contributed by atoms with van der Waals surface area (Å²) in [6.45, 7) is 0. The van der Waals surface area contributed by atoms with Crippen LogP contribution in [0.25, 0.3) is 0 Å². The third-order valence-electron chi connectivity index (χ3n) is 1.25. The van der Waals surface area contributed by atoms with Crippen molar-refractivity contribution in [3.63, 3.8) is 0 Å². The highest BCUT2D eigenvalue weighted by atomic mass is 79.9. The number of hydrogen-bond donors (Lipinski definition) is 2. The number of aromatic nitrogens is 2. The first kappa shape index (κ1) is 12.1. The van der Waals surface area contributed by atoms with Gasteiger partial charge in [-0.15, -0.1) is 0 Å². The molecule has 1 rings (SSSR count). The van der Waals surface area contributed by atoms with Crippen LogP contribution in [0.3, 0.4) is 0 Å². The lowest BCUT2D eigenvalue weighted by atomic mass is 10.5. The molecule has 0 aliphatic heterocycles.